The van der Waals surface area contributed by atoms with E-state index in [2.05, 4.69) is 32.5 Å². The predicted molar refractivity (Wildman–Crippen MR) is 55.5 cm³/mol. The molecule has 0 aromatic heterocycles. The van der Waals surface area contributed by atoms with Crippen molar-refractivity contribution in [1.29, 1.82) is 0 Å². The summed E-state index contributed by atoms with van der Waals surface area (Å²) >= 11 is 0. The fourth-order valence-electron chi connectivity index (χ4n) is 0.936. The van der Waals surface area contributed by atoms with Crippen LogP contribution in [0.5, 0.6) is 0 Å². The van der Waals surface area contributed by atoms with E-state index in [-0.39, 0.29) is 0 Å². The lowest BCUT2D eigenvalue weighted by Gasteiger charge is -2.13. The zero-order valence-corrected chi connectivity index (χ0v) is 8.51. The Morgan fingerprint density at radius 3 is 2.33 bits per heavy atom. The van der Waals surface area contributed by atoms with Crippen LogP contribution in [0.25, 0.3) is 0 Å². The van der Waals surface area contributed by atoms with Crippen LogP contribution < -0.4 is 0 Å². The van der Waals surface area contributed by atoms with Crippen LogP contribution in [0.3, 0.4) is 0 Å². The maximum atomic E-state index is 4.29. The minimum Gasteiger partial charge on any atom is -0.298 e. The summed E-state index contributed by atoms with van der Waals surface area (Å²) in [6.45, 7) is 12.2. The maximum absolute atomic E-state index is 4.29. The molecular formula is C10H20N2. The molecule has 0 aromatic carbocycles. The first-order chi connectivity index (χ1) is 5.74. The second-order valence-corrected chi connectivity index (χ2v) is 2.79. The highest BCUT2D eigenvalue weighted by Crippen LogP contribution is 1.98. The lowest BCUT2D eigenvalue weighted by Crippen LogP contribution is -2.15. The van der Waals surface area contributed by atoms with Crippen LogP contribution in [0, 0.1) is 0 Å². The first-order valence-electron chi connectivity index (χ1n) is 4.71. The maximum Gasteiger partial charge on any atom is 0.0496 e. The van der Waals surface area contributed by atoms with E-state index in [0.29, 0.717) is 0 Å². The zero-order valence-electron chi connectivity index (χ0n) is 8.51. The molecule has 2 nitrogen and oxygen atoms in total. The van der Waals surface area contributed by atoms with E-state index in [0.717, 1.165) is 31.5 Å². The minimum atomic E-state index is 0.965. The molecule has 0 fully saturated rings. The van der Waals surface area contributed by atoms with Crippen LogP contribution in [-0.2, 0) is 0 Å². The van der Waals surface area contributed by atoms with Crippen molar-refractivity contribution >= 4 is 6.21 Å². The summed E-state index contributed by atoms with van der Waals surface area (Å²) in [5.41, 5.74) is 1.12. The lowest BCUT2D eigenvalue weighted by atomic mass is 10.2. The number of hydrazone groups is 1. The van der Waals surface area contributed by atoms with Gasteiger partial charge in [-0.3, -0.25) is 5.01 Å². The molecule has 0 atom stereocenters. The largest absolute Gasteiger partial charge is 0.298 e. The third-order valence-electron chi connectivity index (χ3n) is 1.70. The van der Waals surface area contributed by atoms with Crippen LogP contribution in [-0.4, -0.2) is 24.3 Å². The number of hydrogen-bond acceptors (Lipinski definition) is 2. The predicted octanol–water partition coefficient (Wildman–Crippen LogP) is 2.67. The number of nitrogens with zero attached hydrogens (tertiary/aromatic N) is 2. The Morgan fingerprint density at radius 1 is 1.33 bits per heavy atom. The molecular weight excluding hydrogens is 148 g/mol. The van der Waals surface area contributed by atoms with Gasteiger partial charge in [0.15, 0.2) is 0 Å². The molecule has 0 bridgehead atoms. The monoisotopic (exact) mass is 168 g/mol. The molecule has 0 spiro atoms. The van der Waals surface area contributed by atoms with Crippen LogP contribution in [0.15, 0.2) is 17.3 Å². The van der Waals surface area contributed by atoms with Gasteiger partial charge in [0.05, 0.1) is 0 Å². The third kappa shape index (κ3) is 4.94. The number of allylic oxidation sites excluding steroid dienone is 1. The standard InChI is InChI=1S/C10H20N2/c1-5-8-10(4)9-11-12(6-2)7-3/h9H,4-8H2,1-3H3/b11-9+. The van der Waals surface area contributed by atoms with Crippen molar-refractivity contribution in [3.8, 4) is 0 Å². The van der Waals surface area contributed by atoms with Gasteiger partial charge in [-0.1, -0.05) is 19.9 Å². The molecule has 0 heterocycles. The summed E-state index contributed by atoms with van der Waals surface area (Å²) in [7, 11) is 0. The van der Waals surface area contributed by atoms with Gasteiger partial charge in [-0.25, -0.2) is 0 Å². The summed E-state index contributed by atoms with van der Waals surface area (Å²) in [6, 6.07) is 0. The third-order valence-corrected chi connectivity index (χ3v) is 1.70. The topological polar surface area (TPSA) is 15.6 Å². The van der Waals surface area contributed by atoms with Crippen molar-refractivity contribution in [2.24, 2.45) is 5.10 Å². The van der Waals surface area contributed by atoms with Crippen molar-refractivity contribution in [2.45, 2.75) is 33.6 Å². The molecule has 0 aromatic rings. The van der Waals surface area contributed by atoms with Crippen molar-refractivity contribution in [3.63, 3.8) is 0 Å². The average molecular weight is 168 g/mol. The van der Waals surface area contributed by atoms with Gasteiger partial charge in [-0.2, -0.15) is 5.10 Å². The Morgan fingerprint density at radius 2 is 1.92 bits per heavy atom. The summed E-state index contributed by atoms with van der Waals surface area (Å²) < 4.78 is 0. The molecule has 70 valence electrons. The Kier molecular flexibility index (Phi) is 6.44. The first-order valence-corrected chi connectivity index (χ1v) is 4.71. The van der Waals surface area contributed by atoms with E-state index in [9.17, 15) is 0 Å². The number of rotatable bonds is 6. The molecule has 0 amide bonds. The van der Waals surface area contributed by atoms with Gasteiger partial charge >= 0.3 is 0 Å². The molecule has 12 heavy (non-hydrogen) atoms. The van der Waals surface area contributed by atoms with Crippen molar-refractivity contribution < 1.29 is 0 Å². The van der Waals surface area contributed by atoms with Crippen LogP contribution in [0.1, 0.15) is 33.6 Å². The van der Waals surface area contributed by atoms with Crippen molar-refractivity contribution in [1.82, 2.24) is 5.01 Å². The molecule has 0 saturated heterocycles. The van der Waals surface area contributed by atoms with Gasteiger partial charge in [-0.15, -0.1) is 0 Å². The molecule has 0 aliphatic carbocycles. The lowest BCUT2D eigenvalue weighted by molar-refractivity contribution is 0.323. The fraction of sp³-hybridized carbons (Fsp3) is 0.700. The summed E-state index contributed by atoms with van der Waals surface area (Å²) in [4.78, 5) is 0. The summed E-state index contributed by atoms with van der Waals surface area (Å²) in [5.74, 6) is 0. The normalized spacial score (nSPS) is 10.6. The highest BCUT2D eigenvalue weighted by molar-refractivity contribution is 5.77. The average Bonchev–Trinajstić information content (AvgIpc) is 2.07. The second kappa shape index (κ2) is 6.89. The van der Waals surface area contributed by atoms with E-state index < -0.39 is 0 Å². The van der Waals surface area contributed by atoms with Crippen molar-refractivity contribution in [2.75, 3.05) is 13.1 Å². The Bertz CT molecular complexity index is 146. The SMILES string of the molecule is C=C(/C=N/N(CC)CC)CCC. The zero-order chi connectivity index (χ0) is 9.40. The highest BCUT2D eigenvalue weighted by Gasteiger charge is 1.91. The molecule has 0 saturated carbocycles. The van der Waals surface area contributed by atoms with Gasteiger partial charge in [0.1, 0.15) is 0 Å². The van der Waals surface area contributed by atoms with E-state index in [1.54, 1.807) is 0 Å². The van der Waals surface area contributed by atoms with Crippen molar-refractivity contribution in [3.05, 3.63) is 12.2 Å². The molecule has 0 unspecified atom stereocenters. The van der Waals surface area contributed by atoms with Gasteiger partial charge in [0.2, 0.25) is 0 Å². The molecule has 0 radical (unpaired) electrons. The fourth-order valence-corrected chi connectivity index (χ4v) is 0.936. The van der Waals surface area contributed by atoms with Gasteiger partial charge < -0.3 is 0 Å². The van der Waals surface area contributed by atoms with E-state index in [1.165, 1.54) is 0 Å². The van der Waals surface area contributed by atoms with Gasteiger partial charge in [-0.05, 0) is 25.8 Å². The second-order valence-electron chi connectivity index (χ2n) is 2.79. The van der Waals surface area contributed by atoms with E-state index >= 15 is 0 Å². The van der Waals surface area contributed by atoms with Crippen LogP contribution >= 0.6 is 0 Å². The Hall–Kier alpha value is -0.790. The van der Waals surface area contributed by atoms with Crippen LogP contribution in [0.4, 0.5) is 0 Å². The minimum absolute atomic E-state index is 0.965. The molecule has 2 heteroatoms. The van der Waals surface area contributed by atoms with Gasteiger partial charge in [0, 0.05) is 19.3 Å². The van der Waals surface area contributed by atoms with E-state index in [4.69, 9.17) is 0 Å². The van der Waals surface area contributed by atoms with E-state index in [1.807, 2.05) is 11.2 Å². The summed E-state index contributed by atoms with van der Waals surface area (Å²) in [6.07, 6.45) is 4.06. The Balaban J connectivity index is 3.78. The quantitative estimate of drug-likeness (QED) is 0.440. The molecule has 0 aliphatic rings. The molecule has 0 N–H and O–H groups in total. The first kappa shape index (κ1) is 11.2. The molecule has 0 rings (SSSR count). The highest BCUT2D eigenvalue weighted by atomic mass is 15.4. The number of hydrogen-bond donors (Lipinski definition) is 0. The smallest absolute Gasteiger partial charge is 0.0496 e. The van der Waals surface area contributed by atoms with Gasteiger partial charge in [0.25, 0.3) is 0 Å². The molecule has 0 aliphatic heterocycles. The van der Waals surface area contributed by atoms with Crippen LogP contribution in [0.2, 0.25) is 0 Å². The Labute approximate surface area is 76.0 Å². The summed E-state index contributed by atoms with van der Waals surface area (Å²) in [5, 5.41) is 6.30.